The zero-order valence-corrected chi connectivity index (χ0v) is 23.8. The van der Waals surface area contributed by atoms with Gasteiger partial charge in [-0.2, -0.15) is 6.08 Å². The molecule has 0 spiro atoms. The first kappa shape index (κ1) is 27.8. The van der Waals surface area contributed by atoms with Crippen molar-refractivity contribution >= 4 is 24.8 Å². The van der Waals surface area contributed by atoms with Gasteiger partial charge in [-0.1, -0.05) is 53.9 Å². The fourth-order valence-corrected chi connectivity index (χ4v) is 5.92. The Morgan fingerprint density at radius 3 is 2.11 bits per heavy atom. The molecule has 0 amide bonds. The van der Waals surface area contributed by atoms with E-state index in [1.807, 2.05) is 18.2 Å². The Bertz CT molecular complexity index is 1350. The number of hydrogen-bond donors (Lipinski definition) is 0. The van der Waals surface area contributed by atoms with Crippen LogP contribution in [-0.4, -0.2) is 3.21 Å². The summed E-state index contributed by atoms with van der Waals surface area (Å²) in [5, 5.41) is 5.30. The van der Waals surface area contributed by atoms with E-state index >= 15 is 0 Å². The molecule has 0 aliphatic heterocycles. The molecule has 0 nitrogen and oxygen atoms in total. The largest absolute Gasteiger partial charge is 0.147 e. The van der Waals surface area contributed by atoms with E-state index in [0.717, 1.165) is 12.8 Å². The van der Waals surface area contributed by atoms with Gasteiger partial charge in [0.15, 0.2) is 0 Å². The molecule has 1 saturated carbocycles. The number of allylic oxidation sites excluding steroid dienone is 4. The first-order valence-electron chi connectivity index (χ1n) is 12.0. The van der Waals surface area contributed by atoms with Gasteiger partial charge in [0.2, 0.25) is 0 Å². The molecule has 0 aromatic heterocycles. The minimum atomic E-state index is 0. The zero-order valence-electron chi connectivity index (χ0n) is 19.8. The molecule has 0 radical (unpaired) electrons. The smallest absolute Gasteiger partial charge is 0.0240 e. The minimum Gasteiger partial charge on any atom is -0.147 e. The van der Waals surface area contributed by atoms with E-state index in [9.17, 15) is 0 Å². The summed E-state index contributed by atoms with van der Waals surface area (Å²) >= 11 is 1.69. The van der Waals surface area contributed by atoms with Crippen molar-refractivity contribution in [1.82, 2.24) is 0 Å². The van der Waals surface area contributed by atoms with E-state index in [1.165, 1.54) is 75.9 Å². The van der Waals surface area contributed by atoms with Gasteiger partial charge in [-0.15, -0.1) is 47.0 Å². The number of benzene rings is 4. The molecule has 3 aliphatic rings. The van der Waals surface area contributed by atoms with E-state index in [-0.39, 0.29) is 24.8 Å². The molecular weight excluding hydrogens is 546 g/mol. The Kier molecular flexibility index (Phi) is 10.7. The van der Waals surface area contributed by atoms with E-state index in [2.05, 4.69) is 78.9 Å². The van der Waals surface area contributed by atoms with Crippen LogP contribution in [0.5, 0.6) is 0 Å². The van der Waals surface area contributed by atoms with Gasteiger partial charge >= 0.3 is 59.5 Å². The van der Waals surface area contributed by atoms with Gasteiger partial charge in [0.1, 0.15) is 0 Å². The van der Waals surface area contributed by atoms with Crippen molar-refractivity contribution in [3.05, 3.63) is 108 Å². The van der Waals surface area contributed by atoms with Crippen molar-refractivity contribution in [3.63, 3.8) is 0 Å². The first-order chi connectivity index (χ1) is 16.3. The molecule has 0 saturated heterocycles. The molecule has 0 atom stereocenters. The normalized spacial score (nSPS) is 14.6. The maximum Gasteiger partial charge on any atom is -0.0240 e. The quantitative estimate of drug-likeness (QED) is 0.197. The molecule has 0 bridgehead atoms. The van der Waals surface area contributed by atoms with Crippen molar-refractivity contribution in [2.24, 2.45) is 0 Å². The predicted molar refractivity (Wildman–Crippen MR) is 138 cm³/mol. The molecule has 7 rings (SSSR count). The number of rotatable bonds is 0. The van der Waals surface area contributed by atoms with Crippen molar-refractivity contribution < 1.29 is 49.0 Å². The Balaban J connectivity index is 0.000000204. The molecule has 4 aromatic carbocycles. The predicted octanol–water partition coefficient (Wildman–Crippen LogP) is 2.35. The number of fused-ring (bicyclic) bond motifs is 8. The van der Waals surface area contributed by atoms with Gasteiger partial charge < -0.3 is 24.8 Å². The number of hydrogen-bond acceptors (Lipinski definition) is 0. The minimum absolute atomic E-state index is 0. The second-order valence-corrected chi connectivity index (χ2v) is 10.6. The van der Waals surface area contributed by atoms with Crippen LogP contribution in [0.3, 0.4) is 0 Å². The summed E-state index contributed by atoms with van der Waals surface area (Å²) in [5.74, 6) is 0. The molecule has 0 unspecified atom stereocenters. The Morgan fingerprint density at radius 2 is 1.46 bits per heavy atom. The summed E-state index contributed by atoms with van der Waals surface area (Å²) in [6, 6.07) is 27.3. The topological polar surface area (TPSA) is 0 Å². The molecule has 176 valence electrons. The zero-order chi connectivity index (χ0) is 22.5. The fraction of sp³-hybridized carbons (Fsp3) is 0.219. The SMILES string of the molecule is [C-]1=CC=CC1.[Cl-].[Cl-].[Zr+2]=[C]1CCCCC1.[c-]1cccc2c1c1c(c3ccccc32)-c2ccccc2C1. The third kappa shape index (κ3) is 6.32. The molecule has 3 heteroatoms. The molecule has 1 fully saturated rings. The maximum atomic E-state index is 3.48. The summed E-state index contributed by atoms with van der Waals surface area (Å²) in [7, 11) is 0. The van der Waals surface area contributed by atoms with E-state index in [4.69, 9.17) is 0 Å². The second kappa shape index (κ2) is 13.5. The van der Waals surface area contributed by atoms with Crippen LogP contribution in [0.25, 0.3) is 32.7 Å². The van der Waals surface area contributed by atoms with Crippen LogP contribution in [0.2, 0.25) is 0 Å². The van der Waals surface area contributed by atoms with Crippen molar-refractivity contribution in [3.8, 4) is 11.1 Å². The summed E-state index contributed by atoms with van der Waals surface area (Å²) in [6.45, 7) is 0. The Labute approximate surface area is 236 Å². The van der Waals surface area contributed by atoms with Crippen LogP contribution >= 0.6 is 0 Å². The van der Waals surface area contributed by atoms with Gasteiger partial charge in [0.25, 0.3) is 0 Å². The molecule has 4 aromatic rings. The summed E-state index contributed by atoms with van der Waals surface area (Å²) < 4.78 is 1.80. The molecular formula is C32H28Cl2Zr-2. The summed E-state index contributed by atoms with van der Waals surface area (Å²) in [6.07, 6.45) is 18.3. The van der Waals surface area contributed by atoms with E-state index in [1.54, 1.807) is 27.4 Å². The van der Waals surface area contributed by atoms with Crippen LogP contribution in [0.1, 0.15) is 49.7 Å². The monoisotopic (exact) mass is 572 g/mol. The van der Waals surface area contributed by atoms with Crippen LogP contribution in [0.15, 0.2) is 85.0 Å². The summed E-state index contributed by atoms with van der Waals surface area (Å²) in [5.41, 5.74) is 5.67. The molecule has 0 heterocycles. The summed E-state index contributed by atoms with van der Waals surface area (Å²) in [4.78, 5) is 0. The first-order valence-corrected chi connectivity index (χ1v) is 13.3. The van der Waals surface area contributed by atoms with E-state index < -0.39 is 0 Å². The van der Waals surface area contributed by atoms with Crippen LogP contribution in [0.4, 0.5) is 0 Å². The Morgan fingerprint density at radius 1 is 0.743 bits per heavy atom. The van der Waals surface area contributed by atoms with Crippen molar-refractivity contribution in [1.29, 1.82) is 0 Å². The van der Waals surface area contributed by atoms with Crippen LogP contribution < -0.4 is 24.8 Å². The van der Waals surface area contributed by atoms with Gasteiger partial charge in [-0.05, 0) is 28.5 Å². The molecule has 3 aliphatic carbocycles. The maximum absolute atomic E-state index is 3.48. The standard InChI is InChI=1S/C21H13.C6H10.C5H5.2ClH.Zr/c1-2-8-15-14(7-1)13-20-18-11-4-3-9-16(18)17-10-5-6-12-19(17)21(15)20;1-2-4-6-5-3-1;1-2-4-5-3-1;;;/h1-10,12H,13H2;1-5H2;1-3H,4H2;2*1H;/q-1;;-1;;;+2/p-2. The Hall–Kier alpha value is -1.79. The van der Waals surface area contributed by atoms with Gasteiger partial charge in [-0.25, -0.2) is 12.2 Å². The number of halogens is 2. The molecule has 35 heavy (non-hydrogen) atoms. The molecule has 0 N–H and O–H groups in total. The third-order valence-electron chi connectivity index (χ3n) is 6.64. The van der Waals surface area contributed by atoms with Crippen molar-refractivity contribution in [2.75, 3.05) is 0 Å². The van der Waals surface area contributed by atoms with Crippen LogP contribution in [-0.2, 0) is 30.7 Å². The van der Waals surface area contributed by atoms with Crippen molar-refractivity contribution in [2.45, 2.75) is 44.9 Å². The van der Waals surface area contributed by atoms with Gasteiger partial charge in [0, 0.05) is 0 Å². The second-order valence-electron chi connectivity index (χ2n) is 8.86. The van der Waals surface area contributed by atoms with Gasteiger partial charge in [-0.3, -0.25) is 6.08 Å². The average molecular weight is 575 g/mol. The third-order valence-corrected chi connectivity index (χ3v) is 7.87. The van der Waals surface area contributed by atoms with Gasteiger partial charge in [0.05, 0.1) is 0 Å². The van der Waals surface area contributed by atoms with Crippen LogP contribution in [0, 0.1) is 12.1 Å². The average Bonchev–Trinajstić information content (AvgIpc) is 3.57. The van der Waals surface area contributed by atoms with E-state index in [0.29, 0.717) is 0 Å². The fourth-order valence-electron chi connectivity index (χ4n) is 5.05.